The molecule has 10 heteroatoms. The van der Waals surface area contributed by atoms with Gasteiger partial charge >= 0.3 is 6.09 Å². The largest absolute Gasteiger partial charge is 0.442 e. The van der Waals surface area contributed by atoms with Crippen LogP contribution in [0.5, 0.6) is 0 Å². The third kappa shape index (κ3) is 3.43. The van der Waals surface area contributed by atoms with Gasteiger partial charge in [-0.2, -0.15) is 5.26 Å². The summed E-state index contributed by atoms with van der Waals surface area (Å²) in [5, 5.41) is 20.8. The molecule has 2 unspecified atom stereocenters. The highest BCUT2D eigenvalue weighted by atomic mass is 35.5. The third-order valence-corrected chi connectivity index (χ3v) is 6.90. The molecule has 33 heavy (non-hydrogen) atoms. The number of cyclic esters (lactones) is 1. The lowest BCUT2D eigenvalue weighted by atomic mass is 9.96. The minimum Gasteiger partial charge on any atom is -0.442 e. The van der Waals surface area contributed by atoms with Gasteiger partial charge in [0, 0.05) is 48.6 Å². The Balaban J connectivity index is 0.00000228. The van der Waals surface area contributed by atoms with Crippen LogP contribution < -0.4 is 10.2 Å². The van der Waals surface area contributed by atoms with Crippen molar-refractivity contribution in [2.45, 2.75) is 18.1 Å². The van der Waals surface area contributed by atoms with Crippen LogP contribution in [0.3, 0.4) is 0 Å². The molecule has 0 bridgehead atoms. The number of pyridine rings is 1. The molecule has 1 N–H and O–H groups in total. The number of rotatable bonds is 5. The van der Waals surface area contributed by atoms with Crippen molar-refractivity contribution in [3.05, 3.63) is 60.7 Å². The second kappa shape index (κ2) is 8.14. The minimum atomic E-state index is -0.424. The molecular weight excluding hydrogens is 442 g/mol. The second-order valence-electron chi connectivity index (χ2n) is 8.57. The third-order valence-electron chi connectivity index (χ3n) is 6.90. The lowest BCUT2D eigenvalue weighted by Crippen LogP contribution is -2.26. The molecule has 4 heterocycles. The number of amides is 1. The summed E-state index contributed by atoms with van der Waals surface area (Å²) in [7, 11) is 0. The number of hydrogen-bond donors (Lipinski definition) is 1. The predicted octanol–water partition coefficient (Wildman–Crippen LogP) is 2.40. The molecule has 3 aromatic rings. The smallest absolute Gasteiger partial charge is 0.414 e. The summed E-state index contributed by atoms with van der Waals surface area (Å²) in [5.41, 5.74) is 3.21. The number of aromatic nitrogens is 4. The van der Waals surface area contributed by atoms with Gasteiger partial charge in [-0.05, 0) is 23.8 Å². The van der Waals surface area contributed by atoms with Crippen molar-refractivity contribution in [2.24, 2.45) is 11.8 Å². The van der Waals surface area contributed by atoms with Gasteiger partial charge in [0.05, 0.1) is 31.0 Å². The molecule has 9 nitrogen and oxygen atoms in total. The van der Waals surface area contributed by atoms with Gasteiger partial charge in [0.2, 0.25) is 0 Å². The molecule has 1 amide bonds. The van der Waals surface area contributed by atoms with Gasteiger partial charge in [-0.25, -0.2) is 9.48 Å². The van der Waals surface area contributed by atoms with E-state index in [0.29, 0.717) is 24.9 Å². The van der Waals surface area contributed by atoms with Crippen LogP contribution in [-0.2, 0) is 16.7 Å². The number of nitriles is 1. The van der Waals surface area contributed by atoms with E-state index in [1.54, 1.807) is 22.0 Å². The Morgan fingerprint density at radius 3 is 2.55 bits per heavy atom. The number of carbonyl (C=O) groups is 1. The molecule has 0 spiro atoms. The number of halogens is 1. The molecule has 3 atom stereocenters. The van der Waals surface area contributed by atoms with Crippen LogP contribution in [0.25, 0.3) is 11.1 Å². The SMILES string of the molecule is Cl.N#CC1(c2ccc(-c3ccc(N4C[C@H](Cn5ccnn5)OC4=O)cc3)cn2)C2CNCC21. The lowest BCUT2D eigenvalue weighted by Gasteiger charge is -2.15. The van der Waals surface area contributed by atoms with E-state index in [4.69, 9.17) is 4.74 Å². The van der Waals surface area contributed by atoms with Crippen LogP contribution in [0.15, 0.2) is 55.0 Å². The van der Waals surface area contributed by atoms with Crippen LogP contribution in [0, 0.1) is 23.2 Å². The minimum absolute atomic E-state index is 0. The molecule has 6 rings (SSSR count). The van der Waals surface area contributed by atoms with E-state index >= 15 is 0 Å². The molecule has 168 valence electrons. The van der Waals surface area contributed by atoms with Gasteiger partial charge in [0.15, 0.2) is 0 Å². The van der Waals surface area contributed by atoms with Crippen molar-refractivity contribution >= 4 is 24.2 Å². The average Bonchev–Trinajstić information content (AvgIpc) is 3.35. The fraction of sp³-hybridized carbons (Fsp3) is 0.348. The molecule has 3 fully saturated rings. The van der Waals surface area contributed by atoms with E-state index in [1.807, 2.05) is 42.6 Å². The molecule has 1 aliphatic carbocycles. The standard InChI is InChI=1S/C23H21N7O2.ClH/c24-14-23(19-10-25-11-20(19)23)21-6-3-16(9-26-21)15-1-4-17(5-2-15)30-13-18(32-22(30)31)12-29-8-7-27-28-29;/h1-9,18-20,25H,10-13H2;1H/t18-,19?,20?,23?;/m0./s1. The normalized spacial score (nSPS) is 27.4. The lowest BCUT2D eigenvalue weighted by molar-refractivity contribution is 0.129. The zero-order valence-electron chi connectivity index (χ0n) is 17.7. The van der Waals surface area contributed by atoms with E-state index in [9.17, 15) is 10.1 Å². The first kappa shape index (κ1) is 21.4. The highest BCUT2D eigenvalue weighted by Crippen LogP contribution is 2.60. The van der Waals surface area contributed by atoms with E-state index in [-0.39, 0.29) is 24.6 Å². The van der Waals surface area contributed by atoms with Gasteiger partial charge in [-0.15, -0.1) is 17.5 Å². The maximum Gasteiger partial charge on any atom is 0.414 e. The monoisotopic (exact) mass is 463 g/mol. The summed E-state index contributed by atoms with van der Waals surface area (Å²) in [6, 6.07) is 14.3. The van der Waals surface area contributed by atoms with E-state index in [1.165, 1.54) is 0 Å². The number of ether oxygens (including phenoxy) is 1. The maximum atomic E-state index is 12.3. The summed E-state index contributed by atoms with van der Waals surface area (Å²) in [6.07, 6.45) is 4.55. The Kier molecular flexibility index (Phi) is 5.27. The first-order valence-corrected chi connectivity index (χ1v) is 10.7. The summed E-state index contributed by atoms with van der Waals surface area (Å²) in [6.45, 7) is 2.71. The topological polar surface area (TPSA) is 109 Å². The number of carbonyl (C=O) groups excluding carboxylic acids is 1. The fourth-order valence-electron chi connectivity index (χ4n) is 5.15. The van der Waals surface area contributed by atoms with Crippen molar-refractivity contribution in [3.63, 3.8) is 0 Å². The highest BCUT2D eigenvalue weighted by molar-refractivity contribution is 5.90. The van der Waals surface area contributed by atoms with Crippen molar-refractivity contribution in [3.8, 4) is 17.2 Å². The summed E-state index contributed by atoms with van der Waals surface area (Å²) in [4.78, 5) is 18.6. The predicted molar refractivity (Wildman–Crippen MR) is 122 cm³/mol. The van der Waals surface area contributed by atoms with E-state index in [0.717, 1.165) is 35.6 Å². The van der Waals surface area contributed by atoms with Crippen LogP contribution in [0.2, 0.25) is 0 Å². The number of anilines is 1. The summed E-state index contributed by atoms with van der Waals surface area (Å²) >= 11 is 0. The summed E-state index contributed by atoms with van der Waals surface area (Å²) < 4.78 is 7.12. The van der Waals surface area contributed by atoms with Gasteiger partial charge in [0.1, 0.15) is 11.5 Å². The van der Waals surface area contributed by atoms with Crippen LogP contribution >= 0.6 is 12.4 Å². The second-order valence-corrected chi connectivity index (χ2v) is 8.57. The molecule has 1 aromatic carbocycles. The molecule has 1 saturated carbocycles. The van der Waals surface area contributed by atoms with Crippen molar-refractivity contribution in [1.29, 1.82) is 5.26 Å². The Morgan fingerprint density at radius 1 is 1.15 bits per heavy atom. The van der Waals surface area contributed by atoms with Gasteiger partial charge in [0.25, 0.3) is 0 Å². The summed E-state index contributed by atoms with van der Waals surface area (Å²) in [5.74, 6) is 0.748. The zero-order chi connectivity index (χ0) is 21.7. The average molecular weight is 464 g/mol. The Bertz CT molecular complexity index is 1180. The Hall–Kier alpha value is -3.48. The number of hydrogen-bond acceptors (Lipinski definition) is 7. The molecular formula is C23H22ClN7O2. The van der Waals surface area contributed by atoms with Crippen LogP contribution in [0.4, 0.5) is 10.5 Å². The van der Waals surface area contributed by atoms with Crippen LogP contribution in [0.1, 0.15) is 5.69 Å². The molecule has 3 aliphatic rings. The van der Waals surface area contributed by atoms with Crippen LogP contribution in [-0.4, -0.2) is 51.8 Å². The van der Waals surface area contributed by atoms with Gasteiger partial charge < -0.3 is 10.1 Å². The van der Waals surface area contributed by atoms with E-state index < -0.39 is 5.41 Å². The first-order chi connectivity index (χ1) is 15.7. The fourth-order valence-corrected chi connectivity index (χ4v) is 5.15. The van der Waals surface area contributed by atoms with Crippen molar-refractivity contribution < 1.29 is 9.53 Å². The molecule has 0 radical (unpaired) electrons. The number of benzene rings is 1. The molecule has 2 aromatic heterocycles. The number of fused-ring (bicyclic) bond motifs is 1. The van der Waals surface area contributed by atoms with E-state index in [2.05, 4.69) is 26.7 Å². The number of nitrogens with zero attached hydrogens (tertiary/aromatic N) is 6. The quantitative estimate of drug-likeness (QED) is 0.618. The van der Waals surface area contributed by atoms with Crippen molar-refractivity contribution in [2.75, 3.05) is 24.5 Å². The number of piperidine rings is 1. The Labute approximate surface area is 196 Å². The Morgan fingerprint density at radius 2 is 1.91 bits per heavy atom. The number of nitrogens with one attached hydrogen (secondary N) is 1. The maximum absolute atomic E-state index is 12.3. The van der Waals surface area contributed by atoms with Gasteiger partial charge in [-0.1, -0.05) is 23.4 Å². The molecule has 2 aliphatic heterocycles. The molecule has 2 saturated heterocycles. The van der Waals surface area contributed by atoms with Gasteiger partial charge in [-0.3, -0.25) is 9.88 Å². The van der Waals surface area contributed by atoms with Crippen molar-refractivity contribution in [1.82, 2.24) is 25.3 Å². The highest BCUT2D eigenvalue weighted by Gasteiger charge is 2.69. The zero-order valence-corrected chi connectivity index (χ0v) is 18.5. The first-order valence-electron chi connectivity index (χ1n) is 10.7.